The van der Waals surface area contributed by atoms with Gasteiger partial charge in [-0.2, -0.15) is 0 Å². The Morgan fingerprint density at radius 3 is 2.68 bits per heavy atom. The summed E-state index contributed by atoms with van der Waals surface area (Å²) in [5.74, 6) is 0.648. The van der Waals surface area contributed by atoms with Crippen LogP contribution in [0.2, 0.25) is 0 Å². The van der Waals surface area contributed by atoms with Crippen molar-refractivity contribution in [3.8, 4) is 5.75 Å². The van der Waals surface area contributed by atoms with Crippen LogP contribution >= 0.6 is 15.9 Å². The van der Waals surface area contributed by atoms with Crippen LogP contribution in [0, 0.1) is 0 Å². The first kappa shape index (κ1) is 13.6. The highest BCUT2D eigenvalue weighted by atomic mass is 79.9. The monoisotopic (exact) mass is 319 g/mol. The van der Waals surface area contributed by atoms with Gasteiger partial charge in [0.05, 0.1) is 7.11 Å². The Hall–Kier alpha value is -1.81. The zero-order valence-electron chi connectivity index (χ0n) is 10.5. The fraction of sp³-hybridized carbons (Fsp3) is 0.133. The molecule has 0 heterocycles. The summed E-state index contributed by atoms with van der Waals surface area (Å²) in [6.45, 7) is 0. The number of nitrogens with two attached hydrogens (primary N) is 1. The van der Waals surface area contributed by atoms with Gasteiger partial charge in [0.1, 0.15) is 5.75 Å². The van der Waals surface area contributed by atoms with Crippen LogP contribution in [0.4, 0.5) is 5.69 Å². The summed E-state index contributed by atoms with van der Waals surface area (Å²) >= 11 is 3.39. The quantitative estimate of drug-likeness (QED) is 0.693. The summed E-state index contributed by atoms with van der Waals surface area (Å²) in [6, 6.07) is 12.8. The average molecular weight is 320 g/mol. The van der Waals surface area contributed by atoms with Crippen molar-refractivity contribution in [3.05, 3.63) is 58.1 Å². The van der Waals surface area contributed by atoms with Crippen molar-refractivity contribution in [2.45, 2.75) is 6.42 Å². The molecular weight excluding hydrogens is 306 g/mol. The van der Waals surface area contributed by atoms with Crippen LogP contribution in [-0.2, 0) is 6.42 Å². The third-order valence-electron chi connectivity index (χ3n) is 2.81. The maximum absolute atomic E-state index is 12.2. The van der Waals surface area contributed by atoms with E-state index >= 15 is 0 Å². The Balaban J connectivity index is 2.20. The molecule has 19 heavy (non-hydrogen) atoms. The fourth-order valence-electron chi connectivity index (χ4n) is 1.85. The molecule has 0 bridgehead atoms. The predicted octanol–water partition coefficient (Wildman–Crippen LogP) is 3.47. The highest BCUT2D eigenvalue weighted by molar-refractivity contribution is 9.10. The summed E-state index contributed by atoms with van der Waals surface area (Å²) in [6.07, 6.45) is 0.329. The van der Waals surface area contributed by atoms with Gasteiger partial charge in [0.25, 0.3) is 0 Å². The van der Waals surface area contributed by atoms with Gasteiger partial charge in [0.15, 0.2) is 5.78 Å². The maximum atomic E-state index is 12.2. The number of benzene rings is 2. The van der Waals surface area contributed by atoms with E-state index in [0.29, 0.717) is 23.4 Å². The van der Waals surface area contributed by atoms with Gasteiger partial charge in [-0.1, -0.05) is 28.1 Å². The molecular formula is C15H14BrNO2. The topological polar surface area (TPSA) is 52.3 Å². The summed E-state index contributed by atoms with van der Waals surface area (Å²) in [4.78, 5) is 12.2. The molecule has 0 radical (unpaired) electrons. The summed E-state index contributed by atoms with van der Waals surface area (Å²) < 4.78 is 6.03. The van der Waals surface area contributed by atoms with E-state index in [4.69, 9.17) is 10.5 Å². The van der Waals surface area contributed by atoms with Crippen molar-refractivity contribution in [1.29, 1.82) is 0 Å². The lowest BCUT2D eigenvalue weighted by molar-refractivity contribution is 0.0994. The number of Topliss-reactive ketones (excluding diaryl/α,β-unsaturated/α-hetero) is 1. The fourth-order valence-corrected chi connectivity index (χ4v) is 2.30. The molecule has 2 N–H and O–H groups in total. The molecule has 0 fully saturated rings. The number of methoxy groups -OCH3 is 1. The van der Waals surface area contributed by atoms with Crippen molar-refractivity contribution in [3.63, 3.8) is 0 Å². The van der Waals surface area contributed by atoms with Gasteiger partial charge in [-0.15, -0.1) is 0 Å². The van der Waals surface area contributed by atoms with E-state index in [9.17, 15) is 4.79 Å². The predicted molar refractivity (Wildman–Crippen MR) is 79.6 cm³/mol. The molecule has 98 valence electrons. The van der Waals surface area contributed by atoms with Crippen molar-refractivity contribution in [2.24, 2.45) is 0 Å². The van der Waals surface area contributed by atoms with Gasteiger partial charge >= 0.3 is 0 Å². The molecule has 0 unspecified atom stereocenters. The first-order valence-electron chi connectivity index (χ1n) is 5.81. The van der Waals surface area contributed by atoms with Gasteiger partial charge in [-0.3, -0.25) is 4.79 Å². The van der Waals surface area contributed by atoms with Crippen LogP contribution in [0.15, 0.2) is 46.9 Å². The van der Waals surface area contributed by atoms with Gasteiger partial charge in [-0.25, -0.2) is 0 Å². The number of carbonyl (C=O) groups excluding carboxylic acids is 1. The zero-order chi connectivity index (χ0) is 13.8. The smallest absolute Gasteiger partial charge is 0.169 e. The molecule has 0 aliphatic carbocycles. The zero-order valence-corrected chi connectivity index (χ0v) is 12.1. The number of carbonyl (C=O) groups is 1. The molecule has 2 aromatic carbocycles. The molecule has 0 spiro atoms. The number of hydrogen-bond donors (Lipinski definition) is 1. The third-order valence-corrected chi connectivity index (χ3v) is 3.31. The van der Waals surface area contributed by atoms with E-state index in [1.165, 1.54) is 0 Å². The highest BCUT2D eigenvalue weighted by Gasteiger charge is 2.11. The van der Waals surface area contributed by atoms with Crippen molar-refractivity contribution >= 4 is 27.4 Å². The van der Waals surface area contributed by atoms with Crippen LogP contribution in [0.5, 0.6) is 5.75 Å². The van der Waals surface area contributed by atoms with Crippen LogP contribution in [0.1, 0.15) is 15.9 Å². The highest BCUT2D eigenvalue weighted by Crippen LogP contribution is 2.21. The lowest BCUT2D eigenvalue weighted by atomic mass is 10.0. The number of anilines is 1. The van der Waals surface area contributed by atoms with Gasteiger partial charge < -0.3 is 10.5 Å². The Labute approximate surface area is 120 Å². The van der Waals surface area contributed by atoms with Crippen molar-refractivity contribution in [1.82, 2.24) is 0 Å². The van der Waals surface area contributed by atoms with Gasteiger partial charge in [0.2, 0.25) is 0 Å². The van der Waals surface area contributed by atoms with E-state index in [1.807, 2.05) is 24.3 Å². The molecule has 2 rings (SSSR count). The summed E-state index contributed by atoms with van der Waals surface area (Å²) in [7, 11) is 1.57. The van der Waals surface area contributed by atoms with E-state index in [2.05, 4.69) is 15.9 Å². The molecule has 0 saturated carbocycles. The molecule has 0 amide bonds. The maximum Gasteiger partial charge on any atom is 0.169 e. The SMILES string of the molecule is COc1ccc(C(=O)Cc2cccc(Br)c2)c(N)c1. The largest absolute Gasteiger partial charge is 0.497 e. The normalized spacial score (nSPS) is 10.2. The summed E-state index contributed by atoms with van der Waals surface area (Å²) in [5, 5.41) is 0. The molecule has 0 aliphatic heterocycles. The van der Waals surface area contributed by atoms with E-state index in [1.54, 1.807) is 25.3 Å². The number of nitrogen functional groups attached to an aromatic ring is 1. The second-order valence-corrected chi connectivity index (χ2v) is 5.10. The molecule has 0 atom stereocenters. The first-order chi connectivity index (χ1) is 9.10. The Morgan fingerprint density at radius 2 is 2.05 bits per heavy atom. The Kier molecular flexibility index (Phi) is 4.22. The number of ketones is 1. The molecule has 0 aromatic heterocycles. The van der Waals surface area contributed by atoms with Crippen molar-refractivity contribution < 1.29 is 9.53 Å². The number of hydrogen-bond acceptors (Lipinski definition) is 3. The number of halogens is 1. The van der Waals surface area contributed by atoms with Crippen LogP contribution in [0.3, 0.4) is 0 Å². The van der Waals surface area contributed by atoms with Crippen LogP contribution in [0.25, 0.3) is 0 Å². The first-order valence-corrected chi connectivity index (χ1v) is 6.60. The Morgan fingerprint density at radius 1 is 1.26 bits per heavy atom. The third kappa shape index (κ3) is 3.35. The minimum absolute atomic E-state index is 0.00162. The van der Waals surface area contributed by atoms with Gasteiger partial charge in [-0.05, 0) is 29.8 Å². The molecule has 3 nitrogen and oxygen atoms in total. The molecule has 0 aliphatic rings. The Bertz CT molecular complexity index is 611. The summed E-state index contributed by atoms with van der Waals surface area (Å²) in [5.41, 5.74) is 7.80. The van der Waals surface area contributed by atoms with Gasteiger partial charge in [0, 0.05) is 28.2 Å². The minimum atomic E-state index is -0.00162. The second-order valence-electron chi connectivity index (χ2n) is 4.18. The van der Waals surface area contributed by atoms with E-state index in [-0.39, 0.29) is 5.78 Å². The average Bonchev–Trinajstić information content (AvgIpc) is 2.38. The van der Waals surface area contributed by atoms with Crippen molar-refractivity contribution in [2.75, 3.05) is 12.8 Å². The van der Waals surface area contributed by atoms with E-state index < -0.39 is 0 Å². The lowest BCUT2D eigenvalue weighted by Crippen LogP contribution is -2.07. The standard InChI is InChI=1S/C15H14BrNO2/c1-19-12-5-6-13(14(17)9-12)15(18)8-10-3-2-4-11(16)7-10/h2-7,9H,8,17H2,1H3. The lowest BCUT2D eigenvalue weighted by Gasteiger charge is -2.07. The molecule has 2 aromatic rings. The van der Waals surface area contributed by atoms with Crippen LogP contribution < -0.4 is 10.5 Å². The van der Waals surface area contributed by atoms with E-state index in [0.717, 1.165) is 10.0 Å². The molecule has 4 heteroatoms. The van der Waals surface area contributed by atoms with Crippen LogP contribution in [-0.4, -0.2) is 12.9 Å². The second kappa shape index (κ2) is 5.89. The number of rotatable bonds is 4. The minimum Gasteiger partial charge on any atom is -0.497 e. The number of ether oxygens (including phenoxy) is 1. The molecule has 0 saturated heterocycles.